The summed E-state index contributed by atoms with van der Waals surface area (Å²) in [7, 11) is 0. The van der Waals surface area contributed by atoms with E-state index in [1.165, 1.54) is 4.68 Å². The molecule has 0 spiro atoms. The zero-order valence-corrected chi connectivity index (χ0v) is 9.29. The van der Waals surface area contributed by atoms with Gasteiger partial charge < -0.3 is 16.3 Å². The molecule has 1 aromatic carbocycles. The summed E-state index contributed by atoms with van der Waals surface area (Å²) >= 11 is 0. The minimum atomic E-state index is -1.14. The Balaban J connectivity index is 2.07. The van der Waals surface area contributed by atoms with Crippen LogP contribution in [0.4, 0.5) is 11.5 Å². The first kappa shape index (κ1) is 10.6. The lowest BCUT2D eigenvalue weighted by Gasteiger charge is -2.11. The molecular formula is C11H11N5O2. The van der Waals surface area contributed by atoms with Gasteiger partial charge in [-0.05, 0) is 5.56 Å². The van der Waals surface area contributed by atoms with Crippen LogP contribution in [0.1, 0.15) is 22.2 Å². The number of aromatic nitrogens is 2. The Hall–Kier alpha value is -2.54. The monoisotopic (exact) mass is 245 g/mol. The molecule has 7 nitrogen and oxygen atoms in total. The van der Waals surface area contributed by atoms with Gasteiger partial charge in [-0.2, -0.15) is 5.10 Å². The number of carboxylic acids is 1. The molecule has 3 rings (SSSR count). The number of aromatic carboxylic acids is 1. The van der Waals surface area contributed by atoms with Gasteiger partial charge in [0.15, 0.2) is 11.5 Å². The van der Waals surface area contributed by atoms with Crippen molar-refractivity contribution in [1.82, 2.24) is 15.2 Å². The molecule has 92 valence electrons. The SMILES string of the molecule is Nc1c(C(=O)O)nn2c1NNC2c1ccccc1. The van der Waals surface area contributed by atoms with Crippen LogP contribution in [0.2, 0.25) is 0 Å². The van der Waals surface area contributed by atoms with Crippen LogP contribution in [0.25, 0.3) is 0 Å². The minimum absolute atomic E-state index is 0.133. The highest BCUT2D eigenvalue weighted by Crippen LogP contribution is 2.31. The fourth-order valence-corrected chi connectivity index (χ4v) is 1.97. The molecule has 0 radical (unpaired) electrons. The summed E-state index contributed by atoms with van der Waals surface area (Å²) in [5, 5.41) is 13.0. The summed E-state index contributed by atoms with van der Waals surface area (Å²) < 4.78 is 1.54. The molecule has 18 heavy (non-hydrogen) atoms. The van der Waals surface area contributed by atoms with Gasteiger partial charge in [-0.1, -0.05) is 30.3 Å². The van der Waals surface area contributed by atoms with Crippen molar-refractivity contribution in [2.45, 2.75) is 6.17 Å². The Morgan fingerprint density at radius 3 is 2.78 bits per heavy atom. The molecule has 0 saturated carbocycles. The number of nitrogen functional groups attached to an aromatic ring is 1. The lowest BCUT2D eigenvalue weighted by molar-refractivity contribution is 0.0690. The predicted molar refractivity (Wildman–Crippen MR) is 64.9 cm³/mol. The van der Waals surface area contributed by atoms with Crippen molar-refractivity contribution >= 4 is 17.5 Å². The minimum Gasteiger partial charge on any atom is -0.476 e. The highest BCUT2D eigenvalue weighted by molar-refractivity contribution is 5.94. The number of hydrogen-bond donors (Lipinski definition) is 4. The molecule has 1 atom stereocenters. The maximum Gasteiger partial charge on any atom is 0.358 e. The van der Waals surface area contributed by atoms with Crippen molar-refractivity contribution in [3.63, 3.8) is 0 Å². The second-order valence-electron chi connectivity index (χ2n) is 3.94. The fraction of sp³-hybridized carbons (Fsp3) is 0.0909. The van der Waals surface area contributed by atoms with E-state index >= 15 is 0 Å². The van der Waals surface area contributed by atoms with Gasteiger partial charge in [0.1, 0.15) is 11.9 Å². The van der Waals surface area contributed by atoms with Gasteiger partial charge in [0.05, 0.1) is 0 Å². The van der Waals surface area contributed by atoms with Crippen molar-refractivity contribution in [2.24, 2.45) is 0 Å². The Morgan fingerprint density at radius 1 is 1.39 bits per heavy atom. The third-order valence-corrected chi connectivity index (χ3v) is 2.84. The highest BCUT2D eigenvalue weighted by Gasteiger charge is 2.30. The van der Waals surface area contributed by atoms with Crippen molar-refractivity contribution in [3.8, 4) is 0 Å². The average molecular weight is 245 g/mol. The smallest absolute Gasteiger partial charge is 0.358 e. The van der Waals surface area contributed by atoms with Gasteiger partial charge in [-0.3, -0.25) is 0 Å². The molecule has 5 N–H and O–H groups in total. The molecule has 1 aliphatic rings. The standard InChI is InChI=1S/C11H11N5O2/c12-7-8(11(17)18)15-16-9(13-14-10(7)16)6-4-2-1-3-5-6/h1-5,9,13-14H,12H2,(H,17,18). The van der Waals surface area contributed by atoms with Crippen LogP contribution in [0.3, 0.4) is 0 Å². The molecule has 1 aliphatic heterocycles. The Bertz CT molecular complexity index is 607. The number of carboxylic acid groups (broad SMARTS) is 1. The first-order valence-electron chi connectivity index (χ1n) is 5.36. The molecule has 0 fully saturated rings. The van der Waals surface area contributed by atoms with Gasteiger partial charge in [-0.15, -0.1) is 0 Å². The lowest BCUT2D eigenvalue weighted by atomic mass is 10.2. The van der Waals surface area contributed by atoms with E-state index in [0.717, 1.165) is 5.56 Å². The molecule has 1 aromatic heterocycles. The molecule has 2 heterocycles. The Morgan fingerprint density at radius 2 is 2.11 bits per heavy atom. The fourth-order valence-electron chi connectivity index (χ4n) is 1.97. The van der Waals surface area contributed by atoms with Crippen LogP contribution in [0, 0.1) is 0 Å². The topological polar surface area (TPSA) is 105 Å². The zero-order chi connectivity index (χ0) is 12.7. The van der Waals surface area contributed by atoms with Crippen LogP contribution >= 0.6 is 0 Å². The van der Waals surface area contributed by atoms with Gasteiger partial charge in [0, 0.05) is 0 Å². The Labute approximate surface area is 102 Å². The molecular weight excluding hydrogens is 234 g/mol. The molecule has 2 aromatic rings. The molecule has 7 heteroatoms. The van der Waals surface area contributed by atoms with E-state index in [4.69, 9.17) is 10.8 Å². The van der Waals surface area contributed by atoms with Gasteiger partial charge in [0.25, 0.3) is 0 Å². The second kappa shape index (κ2) is 3.74. The summed E-state index contributed by atoms with van der Waals surface area (Å²) in [6.45, 7) is 0. The van der Waals surface area contributed by atoms with E-state index in [2.05, 4.69) is 16.0 Å². The average Bonchev–Trinajstić information content (AvgIpc) is 2.91. The molecule has 0 amide bonds. The van der Waals surface area contributed by atoms with Crippen molar-refractivity contribution in [2.75, 3.05) is 11.2 Å². The van der Waals surface area contributed by atoms with E-state index in [-0.39, 0.29) is 17.5 Å². The number of nitrogens with one attached hydrogen (secondary N) is 2. The second-order valence-corrected chi connectivity index (χ2v) is 3.94. The lowest BCUT2D eigenvalue weighted by Crippen LogP contribution is -2.24. The van der Waals surface area contributed by atoms with E-state index in [1.807, 2.05) is 30.3 Å². The van der Waals surface area contributed by atoms with E-state index in [9.17, 15) is 4.79 Å². The van der Waals surface area contributed by atoms with Crippen LogP contribution in [0.5, 0.6) is 0 Å². The number of carbonyl (C=O) groups is 1. The molecule has 0 saturated heterocycles. The molecule has 0 aliphatic carbocycles. The number of rotatable bonds is 2. The van der Waals surface area contributed by atoms with E-state index < -0.39 is 5.97 Å². The largest absolute Gasteiger partial charge is 0.476 e. The summed E-state index contributed by atoms with van der Waals surface area (Å²) in [6.07, 6.45) is -0.267. The summed E-state index contributed by atoms with van der Waals surface area (Å²) in [4.78, 5) is 11.0. The van der Waals surface area contributed by atoms with Gasteiger partial charge >= 0.3 is 5.97 Å². The van der Waals surface area contributed by atoms with Gasteiger partial charge in [-0.25, -0.2) is 14.9 Å². The number of hydrogen-bond acceptors (Lipinski definition) is 5. The number of benzene rings is 1. The van der Waals surface area contributed by atoms with Crippen LogP contribution in [-0.4, -0.2) is 20.9 Å². The summed E-state index contributed by atoms with van der Waals surface area (Å²) in [5.74, 6) is -0.663. The van der Waals surface area contributed by atoms with Gasteiger partial charge in [0.2, 0.25) is 0 Å². The zero-order valence-electron chi connectivity index (χ0n) is 9.29. The van der Waals surface area contributed by atoms with Crippen LogP contribution < -0.4 is 16.6 Å². The Kier molecular flexibility index (Phi) is 2.20. The summed E-state index contributed by atoms with van der Waals surface area (Å²) in [6, 6.07) is 9.56. The highest BCUT2D eigenvalue weighted by atomic mass is 16.4. The number of hydrazine groups is 1. The van der Waals surface area contributed by atoms with Crippen LogP contribution in [0.15, 0.2) is 30.3 Å². The van der Waals surface area contributed by atoms with Crippen molar-refractivity contribution < 1.29 is 9.90 Å². The van der Waals surface area contributed by atoms with Crippen molar-refractivity contribution in [3.05, 3.63) is 41.6 Å². The third-order valence-electron chi connectivity index (χ3n) is 2.84. The number of nitrogens with zero attached hydrogens (tertiary/aromatic N) is 2. The predicted octanol–water partition coefficient (Wildman–Crippen LogP) is 0.640. The molecule has 0 bridgehead atoms. The maximum atomic E-state index is 11.0. The normalized spacial score (nSPS) is 17.2. The first-order chi connectivity index (χ1) is 8.68. The third kappa shape index (κ3) is 1.41. The first-order valence-corrected chi connectivity index (χ1v) is 5.36. The maximum absolute atomic E-state index is 11.0. The summed E-state index contributed by atoms with van der Waals surface area (Å²) in [5.41, 5.74) is 12.5. The van der Waals surface area contributed by atoms with E-state index in [0.29, 0.717) is 5.82 Å². The number of anilines is 2. The number of fused-ring (bicyclic) bond motifs is 1. The quantitative estimate of drug-likeness (QED) is 0.619. The van der Waals surface area contributed by atoms with Crippen LogP contribution in [-0.2, 0) is 0 Å². The molecule has 1 unspecified atom stereocenters. The van der Waals surface area contributed by atoms with Crippen molar-refractivity contribution in [1.29, 1.82) is 0 Å². The van der Waals surface area contributed by atoms with E-state index in [1.54, 1.807) is 0 Å². The number of nitrogens with two attached hydrogens (primary N) is 1.